The predicted molar refractivity (Wildman–Crippen MR) is 126 cm³/mol. The molecule has 5 nitrogen and oxygen atoms in total. The van der Waals surface area contributed by atoms with Gasteiger partial charge in [0.25, 0.3) is 5.91 Å². The second-order valence-electron chi connectivity index (χ2n) is 6.49. The fraction of sp³-hybridized carbons (Fsp3) is 0.273. The van der Waals surface area contributed by atoms with Crippen LogP contribution in [0.2, 0.25) is 5.02 Å². The van der Waals surface area contributed by atoms with Gasteiger partial charge in [-0.1, -0.05) is 41.6 Å². The summed E-state index contributed by atoms with van der Waals surface area (Å²) in [7, 11) is 1.68. The Morgan fingerprint density at radius 3 is 2.53 bits per heavy atom. The molecule has 1 aliphatic rings. The first-order chi connectivity index (χ1) is 14.4. The largest absolute Gasteiger partial charge is 0.490 e. The molecule has 0 aromatic heterocycles. The van der Waals surface area contributed by atoms with Gasteiger partial charge in [-0.25, -0.2) is 0 Å². The second kappa shape index (κ2) is 10.2. The third-order valence-electron chi connectivity index (χ3n) is 4.29. The highest BCUT2D eigenvalue weighted by Gasteiger charge is 2.28. The SMILES string of the molecule is CCOc1cc(C=C2SC(=S)N(C)C2=O)ccc1OCCOc1ccc(Cl)c(C)c1. The zero-order valence-corrected chi connectivity index (χ0v) is 19.3. The minimum absolute atomic E-state index is 0.0992. The maximum absolute atomic E-state index is 12.2. The van der Waals surface area contributed by atoms with Crippen molar-refractivity contribution in [2.75, 3.05) is 26.9 Å². The van der Waals surface area contributed by atoms with Gasteiger partial charge in [-0.2, -0.15) is 0 Å². The molecule has 0 saturated carbocycles. The molecule has 0 radical (unpaired) electrons. The molecule has 2 aromatic carbocycles. The van der Waals surface area contributed by atoms with Crippen molar-refractivity contribution in [1.82, 2.24) is 4.90 Å². The van der Waals surface area contributed by atoms with Gasteiger partial charge in [-0.3, -0.25) is 9.69 Å². The minimum Gasteiger partial charge on any atom is -0.490 e. The van der Waals surface area contributed by atoms with Crippen molar-refractivity contribution in [3.63, 3.8) is 0 Å². The number of hydrogen-bond donors (Lipinski definition) is 0. The number of amides is 1. The molecule has 0 N–H and O–H groups in total. The number of ether oxygens (including phenoxy) is 3. The Hall–Kier alpha value is -2.22. The van der Waals surface area contributed by atoms with Gasteiger partial charge in [0.2, 0.25) is 0 Å². The number of nitrogens with zero attached hydrogens (tertiary/aromatic N) is 1. The Bertz CT molecular complexity index is 993. The molecule has 0 atom stereocenters. The summed E-state index contributed by atoms with van der Waals surface area (Å²) in [6, 6.07) is 11.1. The van der Waals surface area contributed by atoms with Crippen molar-refractivity contribution in [3.05, 3.63) is 57.5 Å². The lowest BCUT2D eigenvalue weighted by Gasteiger charge is -2.13. The molecule has 3 rings (SSSR count). The van der Waals surface area contributed by atoms with E-state index in [9.17, 15) is 4.79 Å². The molecular weight excluding hydrogens is 442 g/mol. The van der Waals surface area contributed by atoms with Crippen molar-refractivity contribution in [2.24, 2.45) is 0 Å². The molecular formula is C22H22ClNO4S2. The summed E-state index contributed by atoms with van der Waals surface area (Å²) in [6.45, 7) is 5.07. The van der Waals surface area contributed by atoms with Crippen molar-refractivity contribution < 1.29 is 19.0 Å². The van der Waals surface area contributed by atoms with Crippen LogP contribution in [0.15, 0.2) is 41.3 Å². The Balaban J connectivity index is 1.64. The van der Waals surface area contributed by atoms with Crippen LogP contribution in [0.25, 0.3) is 6.08 Å². The van der Waals surface area contributed by atoms with Crippen molar-refractivity contribution in [1.29, 1.82) is 0 Å². The van der Waals surface area contributed by atoms with E-state index in [1.54, 1.807) is 13.1 Å². The van der Waals surface area contributed by atoms with Crippen LogP contribution in [0, 0.1) is 6.92 Å². The Kier molecular flexibility index (Phi) is 7.64. The summed E-state index contributed by atoms with van der Waals surface area (Å²) >= 11 is 12.5. The molecule has 1 fully saturated rings. The van der Waals surface area contributed by atoms with Crippen molar-refractivity contribution in [2.45, 2.75) is 13.8 Å². The van der Waals surface area contributed by atoms with E-state index in [1.165, 1.54) is 16.7 Å². The van der Waals surface area contributed by atoms with E-state index in [0.717, 1.165) is 16.9 Å². The fourth-order valence-electron chi connectivity index (χ4n) is 2.72. The standard InChI is InChI=1S/C22H22ClNO4S2/c1-4-26-19-12-15(13-20-21(25)24(3)22(29)30-20)5-8-18(19)28-10-9-27-16-6-7-17(23)14(2)11-16/h5-8,11-13H,4,9-10H2,1-3H3. The summed E-state index contributed by atoms with van der Waals surface area (Å²) in [5.41, 5.74) is 1.80. The molecule has 0 spiro atoms. The number of benzene rings is 2. The Morgan fingerprint density at radius 2 is 1.87 bits per heavy atom. The normalized spacial score (nSPS) is 15.1. The first-order valence-electron chi connectivity index (χ1n) is 9.39. The lowest BCUT2D eigenvalue weighted by molar-refractivity contribution is -0.121. The topological polar surface area (TPSA) is 48.0 Å². The highest BCUT2D eigenvalue weighted by molar-refractivity contribution is 8.26. The van der Waals surface area contributed by atoms with Crippen LogP contribution < -0.4 is 14.2 Å². The average Bonchev–Trinajstić information content (AvgIpc) is 2.96. The van der Waals surface area contributed by atoms with Crippen molar-refractivity contribution >= 4 is 51.9 Å². The van der Waals surface area contributed by atoms with Crippen LogP contribution in [0.5, 0.6) is 17.2 Å². The van der Waals surface area contributed by atoms with Crippen LogP contribution in [-0.4, -0.2) is 42.0 Å². The molecule has 1 amide bonds. The highest BCUT2D eigenvalue weighted by atomic mass is 35.5. The minimum atomic E-state index is -0.0992. The fourth-order valence-corrected chi connectivity index (χ4v) is 4.01. The van der Waals surface area contributed by atoms with Gasteiger partial charge in [0, 0.05) is 12.1 Å². The molecule has 1 aliphatic heterocycles. The number of likely N-dealkylation sites (N-methyl/N-ethyl adjacent to an activating group) is 1. The number of rotatable bonds is 8. The Morgan fingerprint density at radius 1 is 1.10 bits per heavy atom. The van der Waals surface area contributed by atoms with E-state index in [4.69, 9.17) is 38.0 Å². The number of hydrogen-bond acceptors (Lipinski definition) is 6. The predicted octanol–water partition coefficient (Wildman–Crippen LogP) is 5.34. The zero-order chi connectivity index (χ0) is 21.7. The van der Waals surface area contributed by atoms with E-state index in [0.29, 0.717) is 45.6 Å². The quantitative estimate of drug-likeness (QED) is 0.299. The molecule has 8 heteroatoms. The van der Waals surface area contributed by atoms with Gasteiger partial charge < -0.3 is 14.2 Å². The van der Waals surface area contributed by atoms with Gasteiger partial charge >= 0.3 is 0 Å². The van der Waals surface area contributed by atoms with E-state index < -0.39 is 0 Å². The lowest BCUT2D eigenvalue weighted by Crippen LogP contribution is -2.22. The van der Waals surface area contributed by atoms with Gasteiger partial charge in [-0.05, 0) is 61.4 Å². The van der Waals surface area contributed by atoms with Crippen LogP contribution >= 0.6 is 35.6 Å². The first kappa shape index (κ1) is 22.5. The maximum atomic E-state index is 12.2. The molecule has 1 heterocycles. The lowest BCUT2D eigenvalue weighted by atomic mass is 10.2. The first-order valence-corrected chi connectivity index (χ1v) is 11.0. The van der Waals surface area contributed by atoms with E-state index in [-0.39, 0.29) is 5.91 Å². The van der Waals surface area contributed by atoms with Crippen molar-refractivity contribution in [3.8, 4) is 17.2 Å². The molecule has 2 aromatic rings. The van der Waals surface area contributed by atoms with Crippen LogP contribution in [0.1, 0.15) is 18.1 Å². The Labute approximate surface area is 190 Å². The maximum Gasteiger partial charge on any atom is 0.265 e. The third-order valence-corrected chi connectivity index (χ3v) is 6.20. The summed E-state index contributed by atoms with van der Waals surface area (Å²) in [4.78, 5) is 14.3. The van der Waals surface area contributed by atoms with Crippen LogP contribution in [0.4, 0.5) is 0 Å². The molecule has 0 bridgehead atoms. The van der Waals surface area contributed by atoms with E-state index in [1.807, 2.05) is 50.2 Å². The number of carbonyl (C=O) groups excluding carboxylic acids is 1. The summed E-state index contributed by atoms with van der Waals surface area (Å²) in [5, 5.41) is 0.709. The number of thiocarbonyl (C=S) groups is 1. The van der Waals surface area contributed by atoms with E-state index >= 15 is 0 Å². The van der Waals surface area contributed by atoms with Gasteiger partial charge in [0.05, 0.1) is 11.5 Å². The summed E-state index contributed by atoms with van der Waals surface area (Å²) < 4.78 is 17.8. The third kappa shape index (κ3) is 5.47. The van der Waals surface area contributed by atoms with Crippen LogP contribution in [0.3, 0.4) is 0 Å². The number of aryl methyl sites for hydroxylation is 1. The van der Waals surface area contributed by atoms with Gasteiger partial charge in [0.15, 0.2) is 11.5 Å². The summed E-state index contributed by atoms with van der Waals surface area (Å²) in [6.07, 6.45) is 1.81. The smallest absolute Gasteiger partial charge is 0.265 e. The van der Waals surface area contributed by atoms with Gasteiger partial charge in [0.1, 0.15) is 23.3 Å². The average molecular weight is 464 g/mol. The molecule has 0 aliphatic carbocycles. The zero-order valence-electron chi connectivity index (χ0n) is 16.9. The molecule has 158 valence electrons. The molecule has 1 saturated heterocycles. The molecule has 0 unspecified atom stereocenters. The van der Waals surface area contributed by atoms with Gasteiger partial charge in [-0.15, -0.1) is 0 Å². The highest BCUT2D eigenvalue weighted by Crippen LogP contribution is 2.34. The molecule has 30 heavy (non-hydrogen) atoms. The summed E-state index contributed by atoms with van der Waals surface area (Å²) in [5.74, 6) is 1.88. The van der Waals surface area contributed by atoms with E-state index in [2.05, 4.69) is 0 Å². The number of thioether (sulfide) groups is 1. The monoisotopic (exact) mass is 463 g/mol. The number of carbonyl (C=O) groups is 1. The van der Waals surface area contributed by atoms with Crippen LogP contribution in [-0.2, 0) is 4.79 Å². The number of halogens is 1. The second-order valence-corrected chi connectivity index (χ2v) is 8.57.